The summed E-state index contributed by atoms with van der Waals surface area (Å²) in [5.41, 5.74) is -0.0355. The predicted molar refractivity (Wildman–Crippen MR) is 70.2 cm³/mol. The van der Waals surface area contributed by atoms with E-state index in [-0.39, 0.29) is 15.8 Å². The van der Waals surface area contributed by atoms with Crippen LogP contribution in [-0.4, -0.2) is 22.7 Å². The lowest BCUT2D eigenvalue weighted by molar-refractivity contribution is -0.384. The van der Waals surface area contributed by atoms with Crippen molar-refractivity contribution in [1.29, 1.82) is 0 Å². The Bertz CT molecular complexity index is 441. The Balaban J connectivity index is 2.74. The third-order valence-corrected chi connectivity index (χ3v) is 2.96. The van der Waals surface area contributed by atoms with E-state index in [4.69, 9.17) is 5.11 Å². The second-order valence-electron chi connectivity index (χ2n) is 3.96. The number of rotatable bonds is 6. The summed E-state index contributed by atoms with van der Waals surface area (Å²) >= 11 is 2.91. The molecule has 5 nitrogen and oxygen atoms in total. The third kappa shape index (κ3) is 4.23. The van der Waals surface area contributed by atoms with Crippen LogP contribution in [-0.2, 0) is 0 Å². The van der Waals surface area contributed by atoms with E-state index in [0.29, 0.717) is 19.4 Å². The number of hydrogen-bond donors (Lipinski definition) is 2. The van der Waals surface area contributed by atoms with Gasteiger partial charge >= 0.3 is 0 Å². The first-order valence-corrected chi connectivity index (χ1v) is 6.26. The third-order valence-electron chi connectivity index (χ3n) is 2.35. The fourth-order valence-corrected chi connectivity index (χ4v) is 1.78. The topological polar surface area (TPSA) is 75.4 Å². The lowest BCUT2D eigenvalue weighted by atomic mass is 10.2. The highest BCUT2D eigenvalue weighted by Crippen LogP contribution is 2.30. The smallest absolute Gasteiger partial charge is 0.293 e. The molecule has 1 unspecified atom stereocenters. The van der Waals surface area contributed by atoms with Crippen LogP contribution in [0.1, 0.15) is 19.8 Å². The van der Waals surface area contributed by atoms with Gasteiger partial charge in [0.25, 0.3) is 5.69 Å². The molecule has 100 valence electrons. The van der Waals surface area contributed by atoms with Gasteiger partial charge in [-0.2, -0.15) is 0 Å². The first kappa shape index (κ1) is 14.8. The van der Waals surface area contributed by atoms with Crippen LogP contribution in [0.25, 0.3) is 0 Å². The monoisotopic (exact) mass is 320 g/mol. The minimum atomic E-state index is -0.568. The van der Waals surface area contributed by atoms with Crippen molar-refractivity contribution in [2.24, 2.45) is 0 Å². The van der Waals surface area contributed by atoms with Crippen LogP contribution >= 0.6 is 15.9 Å². The molecule has 0 saturated carbocycles. The molecule has 0 aliphatic carbocycles. The maximum atomic E-state index is 13.3. The first-order valence-electron chi connectivity index (χ1n) is 5.47. The van der Waals surface area contributed by atoms with Crippen LogP contribution < -0.4 is 5.32 Å². The minimum absolute atomic E-state index is 0.0590. The number of benzene rings is 1. The van der Waals surface area contributed by atoms with Gasteiger partial charge in [0, 0.05) is 18.7 Å². The zero-order chi connectivity index (χ0) is 13.7. The number of nitro groups is 1. The Kier molecular flexibility index (Phi) is 5.49. The van der Waals surface area contributed by atoms with E-state index in [2.05, 4.69) is 21.2 Å². The molecule has 1 rings (SSSR count). The highest BCUT2D eigenvalue weighted by molar-refractivity contribution is 9.10. The van der Waals surface area contributed by atoms with Crippen LogP contribution in [0.15, 0.2) is 16.6 Å². The van der Waals surface area contributed by atoms with Crippen molar-refractivity contribution in [2.45, 2.75) is 25.9 Å². The fraction of sp³-hybridized carbons (Fsp3) is 0.455. The standard InChI is InChI=1S/C11H14BrFN2O3/c1-7(16)3-2-4-14-10-6-9(13)8(12)5-11(10)15(17)18/h5-7,14,16H,2-4H2,1H3. The Morgan fingerprint density at radius 1 is 1.61 bits per heavy atom. The minimum Gasteiger partial charge on any atom is -0.393 e. The molecule has 18 heavy (non-hydrogen) atoms. The summed E-state index contributed by atoms with van der Waals surface area (Å²) in [5, 5.41) is 22.7. The van der Waals surface area contributed by atoms with Crippen LogP contribution in [0, 0.1) is 15.9 Å². The van der Waals surface area contributed by atoms with E-state index in [0.717, 1.165) is 12.1 Å². The van der Waals surface area contributed by atoms with Crippen LogP contribution in [0.2, 0.25) is 0 Å². The molecule has 1 aromatic rings. The summed E-state index contributed by atoms with van der Waals surface area (Å²) in [6, 6.07) is 2.22. The molecule has 0 radical (unpaired) electrons. The van der Waals surface area contributed by atoms with E-state index in [1.807, 2.05) is 0 Å². The number of hydrogen-bond acceptors (Lipinski definition) is 4. The number of aliphatic hydroxyl groups is 1. The Morgan fingerprint density at radius 2 is 2.28 bits per heavy atom. The van der Waals surface area contributed by atoms with Gasteiger partial charge in [-0.1, -0.05) is 0 Å². The van der Waals surface area contributed by atoms with Crippen LogP contribution in [0.3, 0.4) is 0 Å². The number of nitrogens with zero attached hydrogens (tertiary/aromatic N) is 1. The van der Waals surface area contributed by atoms with E-state index in [1.54, 1.807) is 6.92 Å². The van der Waals surface area contributed by atoms with Crippen molar-refractivity contribution in [3.63, 3.8) is 0 Å². The molecule has 0 amide bonds. The van der Waals surface area contributed by atoms with Gasteiger partial charge in [0.2, 0.25) is 0 Å². The maximum Gasteiger partial charge on any atom is 0.293 e. The second-order valence-corrected chi connectivity index (χ2v) is 4.81. The van der Waals surface area contributed by atoms with Crippen LogP contribution in [0.5, 0.6) is 0 Å². The quantitative estimate of drug-likeness (QED) is 0.480. The summed E-state index contributed by atoms with van der Waals surface area (Å²) in [6.45, 7) is 2.11. The van der Waals surface area contributed by atoms with Crippen molar-refractivity contribution >= 4 is 27.3 Å². The Labute approximate surface area is 112 Å². The molecule has 7 heteroatoms. The molecule has 1 atom stereocenters. The van der Waals surface area contributed by atoms with Crippen molar-refractivity contribution < 1.29 is 14.4 Å². The Morgan fingerprint density at radius 3 is 2.83 bits per heavy atom. The highest BCUT2D eigenvalue weighted by atomic mass is 79.9. The molecule has 0 aromatic heterocycles. The zero-order valence-electron chi connectivity index (χ0n) is 9.82. The number of nitrogens with one attached hydrogen (secondary N) is 1. The molecule has 0 spiro atoms. The summed E-state index contributed by atoms with van der Waals surface area (Å²) in [7, 11) is 0. The highest BCUT2D eigenvalue weighted by Gasteiger charge is 2.17. The van der Waals surface area contributed by atoms with Crippen molar-refractivity contribution in [3.8, 4) is 0 Å². The molecular formula is C11H14BrFN2O3. The van der Waals surface area contributed by atoms with E-state index in [1.165, 1.54) is 0 Å². The number of nitro benzene ring substituents is 1. The summed E-state index contributed by atoms with van der Waals surface area (Å²) in [5.74, 6) is -0.557. The van der Waals surface area contributed by atoms with E-state index < -0.39 is 16.8 Å². The normalized spacial score (nSPS) is 12.2. The zero-order valence-corrected chi connectivity index (χ0v) is 11.4. The van der Waals surface area contributed by atoms with Crippen LogP contribution in [0.4, 0.5) is 15.8 Å². The Hall–Kier alpha value is -1.21. The van der Waals surface area contributed by atoms with Gasteiger partial charge in [-0.15, -0.1) is 0 Å². The SMILES string of the molecule is CC(O)CCCNc1cc(F)c(Br)cc1[N+](=O)[O-]. The molecular weight excluding hydrogens is 307 g/mol. The molecule has 1 aromatic carbocycles. The number of anilines is 1. The van der Waals surface area contributed by atoms with Crippen molar-refractivity contribution in [1.82, 2.24) is 0 Å². The van der Waals surface area contributed by atoms with Gasteiger partial charge < -0.3 is 10.4 Å². The second kappa shape index (κ2) is 6.65. The van der Waals surface area contributed by atoms with Gasteiger partial charge in [-0.25, -0.2) is 4.39 Å². The molecule has 0 heterocycles. The van der Waals surface area contributed by atoms with Gasteiger partial charge in [0.15, 0.2) is 0 Å². The number of halogens is 2. The molecule has 0 bridgehead atoms. The van der Waals surface area contributed by atoms with Gasteiger partial charge in [0.05, 0.1) is 15.5 Å². The largest absolute Gasteiger partial charge is 0.393 e. The van der Waals surface area contributed by atoms with E-state index in [9.17, 15) is 14.5 Å². The fourth-order valence-electron chi connectivity index (χ4n) is 1.45. The molecule has 0 aliphatic rings. The predicted octanol–water partition coefficient (Wildman–Crippen LogP) is 3.07. The summed E-state index contributed by atoms with van der Waals surface area (Å²) in [4.78, 5) is 10.2. The lowest BCUT2D eigenvalue weighted by Crippen LogP contribution is -2.08. The average molecular weight is 321 g/mol. The van der Waals surface area contributed by atoms with Crippen molar-refractivity contribution in [3.05, 3.63) is 32.5 Å². The summed E-state index contributed by atoms with van der Waals surface area (Å²) < 4.78 is 13.4. The number of aliphatic hydroxyl groups excluding tert-OH is 1. The maximum absolute atomic E-state index is 13.3. The summed E-state index contributed by atoms with van der Waals surface area (Å²) in [6.07, 6.45) is 0.815. The lowest BCUT2D eigenvalue weighted by Gasteiger charge is -2.09. The molecule has 0 fully saturated rings. The molecule has 2 N–H and O–H groups in total. The first-order chi connectivity index (χ1) is 8.41. The van der Waals surface area contributed by atoms with Gasteiger partial charge in [0.1, 0.15) is 11.5 Å². The van der Waals surface area contributed by atoms with Crippen molar-refractivity contribution in [2.75, 3.05) is 11.9 Å². The van der Waals surface area contributed by atoms with Gasteiger partial charge in [-0.05, 0) is 35.7 Å². The van der Waals surface area contributed by atoms with E-state index >= 15 is 0 Å². The molecule has 0 aliphatic heterocycles. The van der Waals surface area contributed by atoms with Gasteiger partial charge in [-0.3, -0.25) is 10.1 Å². The average Bonchev–Trinajstić information content (AvgIpc) is 2.28. The molecule has 0 saturated heterocycles.